The van der Waals surface area contributed by atoms with Crippen molar-refractivity contribution in [1.29, 1.82) is 0 Å². The van der Waals surface area contributed by atoms with E-state index in [9.17, 15) is 9.59 Å². The van der Waals surface area contributed by atoms with E-state index in [0.29, 0.717) is 25.5 Å². The first-order valence-electron chi connectivity index (χ1n) is 10.3. The van der Waals surface area contributed by atoms with Gasteiger partial charge in [-0.1, -0.05) is 30.3 Å². The highest BCUT2D eigenvalue weighted by Crippen LogP contribution is 2.49. The zero-order valence-corrected chi connectivity index (χ0v) is 18.8. The lowest BCUT2D eigenvalue weighted by Gasteiger charge is -2.19. The van der Waals surface area contributed by atoms with Crippen LogP contribution in [-0.4, -0.2) is 29.4 Å². The molecule has 7 heteroatoms. The molecule has 0 bridgehead atoms. The number of carboxylic acids is 1. The van der Waals surface area contributed by atoms with Crippen molar-refractivity contribution in [2.24, 2.45) is 0 Å². The molecule has 1 aliphatic rings. The molecule has 3 aromatic rings. The molecule has 0 saturated carbocycles. The third kappa shape index (κ3) is 4.41. The van der Waals surface area contributed by atoms with Gasteiger partial charge in [-0.25, -0.2) is 0 Å². The van der Waals surface area contributed by atoms with Crippen LogP contribution < -0.4 is 9.64 Å². The molecule has 1 aliphatic heterocycles. The molecular formula is C24H24ClNO4S. The SMILES string of the molecule is Cc1csc2c(OCc3ccccc3)cc3c(c12)[C@H](CCl)CN3C(=O)CCCC(=O)O. The Bertz CT molecular complexity index is 1110. The molecule has 1 atom stereocenters. The van der Waals surface area contributed by atoms with Crippen molar-refractivity contribution in [3.63, 3.8) is 0 Å². The van der Waals surface area contributed by atoms with Crippen LogP contribution in [0.15, 0.2) is 41.8 Å². The van der Waals surface area contributed by atoms with E-state index in [1.807, 2.05) is 36.4 Å². The molecule has 162 valence electrons. The Balaban J connectivity index is 1.70. The summed E-state index contributed by atoms with van der Waals surface area (Å²) in [6.07, 6.45) is 0.504. The van der Waals surface area contributed by atoms with E-state index in [4.69, 9.17) is 21.4 Å². The van der Waals surface area contributed by atoms with Crippen LogP contribution in [-0.2, 0) is 16.2 Å². The van der Waals surface area contributed by atoms with E-state index in [-0.39, 0.29) is 24.7 Å². The first-order chi connectivity index (χ1) is 15.0. The molecule has 0 aliphatic carbocycles. The van der Waals surface area contributed by atoms with Gasteiger partial charge in [-0.2, -0.15) is 0 Å². The molecule has 5 nitrogen and oxygen atoms in total. The minimum absolute atomic E-state index is 0.0144. The molecule has 2 aromatic carbocycles. The van der Waals surface area contributed by atoms with Gasteiger partial charge in [0, 0.05) is 42.6 Å². The second-order valence-electron chi connectivity index (χ2n) is 7.81. The first-order valence-corrected chi connectivity index (χ1v) is 11.7. The van der Waals surface area contributed by atoms with Crippen LogP contribution in [0.4, 0.5) is 5.69 Å². The van der Waals surface area contributed by atoms with E-state index >= 15 is 0 Å². The summed E-state index contributed by atoms with van der Waals surface area (Å²) in [7, 11) is 0. The lowest BCUT2D eigenvalue weighted by molar-refractivity contribution is -0.137. The number of thiophene rings is 1. The van der Waals surface area contributed by atoms with E-state index in [2.05, 4.69) is 12.3 Å². The molecule has 0 unspecified atom stereocenters. The Labute approximate surface area is 190 Å². The topological polar surface area (TPSA) is 66.8 Å². The number of hydrogen-bond acceptors (Lipinski definition) is 4. The van der Waals surface area contributed by atoms with Gasteiger partial charge in [-0.3, -0.25) is 9.59 Å². The zero-order chi connectivity index (χ0) is 22.0. The van der Waals surface area contributed by atoms with E-state index in [1.165, 1.54) is 0 Å². The molecule has 1 amide bonds. The number of hydrogen-bond donors (Lipinski definition) is 1. The molecule has 2 heterocycles. The highest BCUT2D eigenvalue weighted by atomic mass is 35.5. The first kappa shape index (κ1) is 21.7. The normalized spacial score (nSPS) is 15.3. The summed E-state index contributed by atoms with van der Waals surface area (Å²) in [5.74, 6) is 0.255. The Morgan fingerprint density at radius 3 is 2.74 bits per heavy atom. The summed E-state index contributed by atoms with van der Waals surface area (Å²) in [6, 6.07) is 11.9. The number of aryl methyl sites for hydroxylation is 1. The van der Waals surface area contributed by atoms with Gasteiger partial charge in [0.05, 0.1) is 10.4 Å². The van der Waals surface area contributed by atoms with Crippen LogP contribution in [0.3, 0.4) is 0 Å². The van der Waals surface area contributed by atoms with Crippen LogP contribution in [0.1, 0.15) is 41.9 Å². The Morgan fingerprint density at radius 2 is 2.03 bits per heavy atom. The Kier molecular flexibility index (Phi) is 6.49. The molecule has 4 rings (SSSR count). The quantitative estimate of drug-likeness (QED) is 0.440. The number of amides is 1. The van der Waals surface area contributed by atoms with Crippen LogP contribution >= 0.6 is 22.9 Å². The summed E-state index contributed by atoms with van der Waals surface area (Å²) in [5, 5.41) is 12.1. The fourth-order valence-corrected chi connectivity index (χ4v) is 5.42. The van der Waals surface area contributed by atoms with Gasteiger partial charge in [0.25, 0.3) is 0 Å². The fourth-order valence-electron chi connectivity index (χ4n) is 4.13. The maximum atomic E-state index is 13.0. The molecule has 31 heavy (non-hydrogen) atoms. The number of anilines is 1. The maximum absolute atomic E-state index is 13.0. The summed E-state index contributed by atoms with van der Waals surface area (Å²) in [4.78, 5) is 25.5. The lowest BCUT2D eigenvalue weighted by atomic mass is 9.97. The third-order valence-electron chi connectivity index (χ3n) is 5.62. The second-order valence-corrected chi connectivity index (χ2v) is 9.00. The minimum Gasteiger partial charge on any atom is -0.487 e. The number of halogens is 1. The lowest BCUT2D eigenvalue weighted by Crippen LogP contribution is -2.30. The largest absolute Gasteiger partial charge is 0.487 e. The van der Waals surface area contributed by atoms with Crippen LogP contribution in [0.5, 0.6) is 5.75 Å². The van der Waals surface area contributed by atoms with Crippen molar-refractivity contribution in [2.45, 2.75) is 38.7 Å². The van der Waals surface area contributed by atoms with Gasteiger partial charge < -0.3 is 14.7 Å². The summed E-state index contributed by atoms with van der Waals surface area (Å²) < 4.78 is 7.29. The molecule has 0 fully saturated rings. The highest BCUT2D eigenvalue weighted by Gasteiger charge is 2.35. The number of rotatable bonds is 8. The standard InChI is InChI=1S/C24H24ClNO4S/c1-15-14-31-24-19(30-13-16-6-3-2-4-7-16)10-18-23(22(15)24)17(11-25)12-26(18)20(27)8-5-9-21(28)29/h2-4,6-7,10,14,17H,5,8-9,11-13H2,1H3,(H,28,29)/t17-/m1/s1. The predicted octanol–water partition coefficient (Wildman–Crippen LogP) is 5.71. The summed E-state index contributed by atoms with van der Waals surface area (Å²) in [6.45, 7) is 3.02. The zero-order valence-electron chi connectivity index (χ0n) is 17.3. The van der Waals surface area contributed by atoms with Crippen LogP contribution in [0.25, 0.3) is 10.1 Å². The number of fused-ring (bicyclic) bond motifs is 3. The average Bonchev–Trinajstić information content (AvgIpc) is 3.33. The third-order valence-corrected chi connectivity index (χ3v) is 7.10. The van der Waals surface area contributed by atoms with Gasteiger partial charge in [-0.05, 0) is 35.4 Å². The monoisotopic (exact) mass is 457 g/mol. The molecule has 1 aromatic heterocycles. The predicted molar refractivity (Wildman–Crippen MR) is 125 cm³/mol. The van der Waals surface area contributed by atoms with E-state index in [0.717, 1.165) is 38.2 Å². The number of aliphatic carboxylic acids is 1. The molecule has 0 spiro atoms. The van der Waals surface area contributed by atoms with Gasteiger partial charge in [0.2, 0.25) is 5.91 Å². The number of alkyl halides is 1. The van der Waals surface area contributed by atoms with Crippen molar-refractivity contribution in [2.75, 3.05) is 17.3 Å². The number of carbonyl (C=O) groups is 2. The van der Waals surface area contributed by atoms with Crippen molar-refractivity contribution in [1.82, 2.24) is 0 Å². The van der Waals surface area contributed by atoms with Crippen molar-refractivity contribution in [3.05, 3.63) is 58.5 Å². The number of benzene rings is 2. The number of carboxylic acid groups (broad SMARTS) is 1. The molecular weight excluding hydrogens is 434 g/mol. The van der Waals surface area contributed by atoms with Crippen molar-refractivity contribution < 1.29 is 19.4 Å². The van der Waals surface area contributed by atoms with Crippen molar-refractivity contribution >= 4 is 50.6 Å². The maximum Gasteiger partial charge on any atom is 0.303 e. The smallest absolute Gasteiger partial charge is 0.303 e. The molecule has 1 N–H and O–H groups in total. The number of carbonyl (C=O) groups excluding carboxylic acids is 1. The van der Waals surface area contributed by atoms with Crippen molar-refractivity contribution in [3.8, 4) is 5.75 Å². The Hall–Kier alpha value is -2.57. The van der Waals surface area contributed by atoms with Crippen LogP contribution in [0, 0.1) is 6.92 Å². The second kappa shape index (κ2) is 9.28. The number of ether oxygens (including phenoxy) is 1. The summed E-state index contributed by atoms with van der Waals surface area (Å²) >= 11 is 7.95. The number of nitrogens with zero attached hydrogens (tertiary/aromatic N) is 1. The van der Waals surface area contributed by atoms with E-state index < -0.39 is 5.97 Å². The van der Waals surface area contributed by atoms with Crippen LogP contribution in [0.2, 0.25) is 0 Å². The van der Waals surface area contributed by atoms with E-state index in [1.54, 1.807) is 16.2 Å². The highest BCUT2D eigenvalue weighted by molar-refractivity contribution is 7.17. The Morgan fingerprint density at radius 1 is 1.26 bits per heavy atom. The molecule has 0 saturated heterocycles. The minimum atomic E-state index is -0.888. The van der Waals surface area contributed by atoms with Gasteiger partial charge in [-0.15, -0.1) is 22.9 Å². The van der Waals surface area contributed by atoms with Gasteiger partial charge >= 0.3 is 5.97 Å². The average molecular weight is 458 g/mol. The molecule has 0 radical (unpaired) electrons. The summed E-state index contributed by atoms with van der Waals surface area (Å²) in [5.41, 5.74) is 4.16. The van der Waals surface area contributed by atoms with Gasteiger partial charge in [0.15, 0.2) is 0 Å². The fraction of sp³-hybridized carbons (Fsp3) is 0.333. The van der Waals surface area contributed by atoms with Gasteiger partial charge in [0.1, 0.15) is 12.4 Å².